The Hall–Kier alpha value is -4.21. The van der Waals surface area contributed by atoms with Gasteiger partial charge in [-0.15, -0.1) is 0 Å². The number of halogens is 2. The van der Waals surface area contributed by atoms with Gasteiger partial charge in [0.15, 0.2) is 17.4 Å². The lowest BCUT2D eigenvalue weighted by molar-refractivity contribution is 0.0695. The summed E-state index contributed by atoms with van der Waals surface area (Å²) in [4.78, 5) is 37.1. The summed E-state index contributed by atoms with van der Waals surface area (Å²) in [7, 11) is 0. The zero-order chi connectivity index (χ0) is 22.0. The van der Waals surface area contributed by atoms with Gasteiger partial charge >= 0.3 is 11.9 Å². The Kier molecular flexibility index (Phi) is 5.50. The van der Waals surface area contributed by atoms with Crippen LogP contribution in [-0.4, -0.2) is 27.1 Å². The van der Waals surface area contributed by atoms with E-state index in [0.29, 0.717) is 17.7 Å². The SMILES string of the molecule is Nc1[nH]c(=O)c(C(=O)O)c(-c2cc(F)c(OCc3ccccc3)c(F)c2)c1C(=O)O. The van der Waals surface area contributed by atoms with Crippen molar-refractivity contribution >= 4 is 17.8 Å². The van der Waals surface area contributed by atoms with Crippen molar-refractivity contribution in [2.75, 3.05) is 5.73 Å². The number of aromatic nitrogens is 1. The maximum atomic E-state index is 14.6. The smallest absolute Gasteiger partial charge is 0.342 e. The molecule has 0 unspecified atom stereocenters. The fourth-order valence-corrected chi connectivity index (χ4v) is 2.91. The fraction of sp³-hybridized carbons (Fsp3) is 0.0500. The maximum Gasteiger partial charge on any atom is 0.342 e. The molecule has 30 heavy (non-hydrogen) atoms. The van der Waals surface area contributed by atoms with Crippen LogP contribution in [-0.2, 0) is 6.61 Å². The minimum atomic E-state index is -1.79. The van der Waals surface area contributed by atoms with Gasteiger partial charge in [0.05, 0.1) is 0 Å². The highest BCUT2D eigenvalue weighted by Gasteiger charge is 2.28. The number of anilines is 1. The lowest BCUT2D eigenvalue weighted by atomic mass is 9.95. The summed E-state index contributed by atoms with van der Waals surface area (Å²) in [5, 5.41) is 18.7. The average molecular weight is 416 g/mol. The van der Waals surface area contributed by atoms with Crippen LogP contribution in [0, 0.1) is 11.6 Å². The van der Waals surface area contributed by atoms with Gasteiger partial charge in [0.1, 0.15) is 23.6 Å². The summed E-state index contributed by atoms with van der Waals surface area (Å²) >= 11 is 0. The van der Waals surface area contributed by atoms with Crippen LogP contribution in [0.4, 0.5) is 14.6 Å². The number of rotatable bonds is 6. The molecule has 0 saturated heterocycles. The zero-order valence-electron chi connectivity index (χ0n) is 15.1. The Balaban J connectivity index is 2.14. The second-order valence-electron chi connectivity index (χ2n) is 6.15. The Labute approximate surface area is 167 Å². The molecule has 1 aromatic heterocycles. The number of nitrogens with one attached hydrogen (secondary N) is 1. The molecule has 0 aliphatic heterocycles. The molecule has 3 rings (SSSR count). The third-order valence-electron chi connectivity index (χ3n) is 4.19. The third-order valence-corrected chi connectivity index (χ3v) is 4.19. The van der Waals surface area contributed by atoms with Crippen molar-refractivity contribution < 1.29 is 33.3 Å². The summed E-state index contributed by atoms with van der Waals surface area (Å²) in [5.41, 5.74) is 1.90. The lowest BCUT2D eigenvalue weighted by Gasteiger charge is -2.14. The van der Waals surface area contributed by atoms with Crippen LogP contribution in [0.5, 0.6) is 5.75 Å². The number of nitrogen functional groups attached to an aromatic ring is 1. The van der Waals surface area contributed by atoms with Crippen molar-refractivity contribution in [2.24, 2.45) is 0 Å². The van der Waals surface area contributed by atoms with Crippen LogP contribution in [0.25, 0.3) is 11.1 Å². The van der Waals surface area contributed by atoms with Crippen molar-refractivity contribution in [1.82, 2.24) is 4.98 Å². The normalized spacial score (nSPS) is 10.6. The third kappa shape index (κ3) is 3.83. The average Bonchev–Trinajstić information content (AvgIpc) is 2.66. The van der Waals surface area contributed by atoms with Gasteiger partial charge in [-0.3, -0.25) is 4.79 Å². The van der Waals surface area contributed by atoms with Crippen LogP contribution >= 0.6 is 0 Å². The molecule has 154 valence electrons. The highest BCUT2D eigenvalue weighted by Crippen LogP contribution is 2.34. The summed E-state index contributed by atoms with van der Waals surface area (Å²) in [6, 6.07) is 9.90. The van der Waals surface area contributed by atoms with Gasteiger partial charge in [0.25, 0.3) is 5.56 Å². The van der Waals surface area contributed by atoms with Gasteiger partial charge in [0.2, 0.25) is 0 Å². The number of ether oxygens (including phenoxy) is 1. The fourth-order valence-electron chi connectivity index (χ4n) is 2.91. The number of hydrogen-bond donors (Lipinski definition) is 4. The van der Waals surface area contributed by atoms with Gasteiger partial charge in [-0.2, -0.15) is 0 Å². The lowest BCUT2D eigenvalue weighted by Crippen LogP contribution is -2.24. The van der Waals surface area contributed by atoms with Crippen molar-refractivity contribution in [3.8, 4) is 16.9 Å². The Bertz CT molecular complexity index is 1180. The van der Waals surface area contributed by atoms with E-state index in [4.69, 9.17) is 10.5 Å². The first-order chi connectivity index (χ1) is 14.2. The number of H-pyrrole nitrogens is 1. The number of pyridine rings is 1. The van der Waals surface area contributed by atoms with E-state index in [0.717, 1.165) is 0 Å². The van der Waals surface area contributed by atoms with E-state index in [1.165, 1.54) is 0 Å². The summed E-state index contributed by atoms with van der Waals surface area (Å²) in [6.45, 7) is -0.146. The number of carbonyl (C=O) groups is 2. The molecule has 3 aromatic rings. The highest BCUT2D eigenvalue weighted by molar-refractivity contribution is 6.07. The first kappa shape index (κ1) is 20.5. The van der Waals surface area contributed by atoms with E-state index in [9.17, 15) is 33.4 Å². The van der Waals surface area contributed by atoms with E-state index in [-0.39, 0.29) is 6.61 Å². The molecule has 0 aliphatic carbocycles. The Morgan fingerprint density at radius 1 is 1.00 bits per heavy atom. The number of aromatic amines is 1. The predicted octanol–water partition coefficient (Wildman–Crippen LogP) is 2.88. The predicted molar refractivity (Wildman–Crippen MR) is 102 cm³/mol. The van der Waals surface area contributed by atoms with Crippen LogP contribution in [0.1, 0.15) is 26.3 Å². The molecule has 10 heteroatoms. The van der Waals surface area contributed by atoms with E-state index in [2.05, 4.69) is 0 Å². The number of carboxylic acid groups (broad SMARTS) is 2. The first-order valence-corrected chi connectivity index (χ1v) is 8.39. The molecule has 1 heterocycles. The number of carboxylic acids is 2. The molecular formula is C20H14F2N2O6. The Morgan fingerprint density at radius 3 is 2.10 bits per heavy atom. The highest BCUT2D eigenvalue weighted by atomic mass is 19.1. The number of benzene rings is 2. The molecule has 2 aromatic carbocycles. The standard InChI is InChI=1S/C20H14F2N2O6/c21-11-6-10(7-12(22)16(11)30-8-9-4-2-1-3-5-9)13-14(19(26)27)17(23)24-18(25)15(13)20(28)29/h1-7H,8H2,(H,26,27)(H,28,29)(H3,23,24,25). The second kappa shape index (κ2) is 8.03. The molecule has 0 fully saturated rings. The van der Waals surface area contributed by atoms with Crippen molar-refractivity contribution in [2.45, 2.75) is 6.61 Å². The van der Waals surface area contributed by atoms with E-state index in [1.54, 1.807) is 30.3 Å². The maximum absolute atomic E-state index is 14.6. The van der Waals surface area contributed by atoms with Crippen LogP contribution in [0.2, 0.25) is 0 Å². The zero-order valence-corrected chi connectivity index (χ0v) is 15.1. The minimum Gasteiger partial charge on any atom is -0.483 e. The quantitative estimate of drug-likeness (QED) is 0.484. The van der Waals surface area contributed by atoms with Crippen molar-refractivity contribution in [3.63, 3.8) is 0 Å². The first-order valence-electron chi connectivity index (χ1n) is 8.39. The molecule has 0 atom stereocenters. The van der Waals surface area contributed by atoms with Gasteiger partial charge in [0, 0.05) is 5.56 Å². The number of nitrogens with two attached hydrogens (primary N) is 1. The summed E-state index contributed by atoms with van der Waals surface area (Å²) in [5.74, 6) is -7.31. The van der Waals surface area contributed by atoms with Crippen LogP contribution in [0.15, 0.2) is 47.3 Å². The number of aromatic carboxylic acids is 2. The topological polar surface area (TPSA) is 143 Å². The molecule has 0 amide bonds. The van der Waals surface area contributed by atoms with Crippen LogP contribution < -0.4 is 16.0 Å². The number of hydrogen-bond acceptors (Lipinski definition) is 5. The Morgan fingerprint density at radius 2 is 1.57 bits per heavy atom. The van der Waals surface area contributed by atoms with Gasteiger partial charge in [-0.05, 0) is 23.3 Å². The van der Waals surface area contributed by atoms with E-state index in [1.807, 2.05) is 4.98 Å². The van der Waals surface area contributed by atoms with Gasteiger partial charge in [-0.1, -0.05) is 30.3 Å². The summed E-state index contributed by atoms with van der Waals surface area (Å²) in [6.07, 6.45) is 0. The molecule has 0 saturated carbocycles. The van der Waals surface area contributed by atoms with Crippen molar-refractivity contribution in [1.29, 1.82) is 0 Å². The minimum absolute atomic E-state index is 0.146. The molecule has 0 spiro atoms. The van der Waals surface area contributed by atoms with E-state index < -0.39 is 63.0 Å². The molecule has 8 nitrogen and oxygen atoms in total. The molecule has 0 aliphatic rings. The van der Waals surface area contributed by atoms with Gasteiger partial charge in [-0.25, -0.2) is 18.4 Å². The largest absolute Gasteiger partial charge is 0.483 e. The molecule has 0 radical (unpaired) electrons. The van der Waals surface area contributed by atoms with Crippen molar-refractivity contribution in [3.05, 3.63) is 81.1 Å². The van der Waals surface area contributed by atoms with Gasteiger partial charge < -0.3 is 25.7 Å². The summed E-state index contributed by atoms with van der Waals surface area (Å²) < 4.78 is 34.4. The molecule has 5 N–H and O–H groups in total. The molecule has 0 bridgehead atoms. The molecular weight excluding hydrogens is 402 g/mol. The second-order valence-corrected chi connectivity index (χ2v) is 6.15. The monoisotopic (exact) mass is 416 g/mol. The van der Waals surface area contributed by atoms with E-state index >= 15 is 0 Å². The van der Waals surface area contributed by atoms with Crippen LogP contribution in [0.3, 0.4) is 0 Å².